The maximum Gasteiger partial charge on any atom is 0.242 e. The molecule has 0 radical (unpaired) electrons. The molecular formula is C23H29ClN8O. The Hall–Kier alpha value is -2.68. The van der Waals surface area contributed by atoms with Gasteiger partial charge in [0.1, 0.15) is 6.33 Å². The summed E-state index contributed by atoms with van der Waals surface area (Å²) in [5.74, 6) is 1.20. The molecule has 2 unspecified atom stereocenters. The standard InChI is InChI=1S/C23H29ClN8O/c1-3-31-15(2)18(9-27-31)11-30-12-19(10-26-30)28-20(33)22-5-16-4-17(6-22)8-23(7-16,13-22)32-14-25-21(24)29-32/h9-10,12,14,16-17H,3-8,11,13H2,1-2H3,(H,28,33). The van der Waals surface area contributed by atoms with Crippen LogP contribution in [0.15, 0.2) is 24.9 Å². The zero-order chi connectivity index (χ0) is 22.8. The second-order valence-corrected chi connectivity index (χ2v) is 10.7. The van der Waals surface area contributed by atoms with E-state index in [1.54, 1.807) is 12.5 Å². The molecule has 0 spiro atoms. The molecule has 4 aliphatic carbocycles. The summed E-state index contributed by atoms with van der Waals surface area (Å²) in [6.07, 6.45) is 13.3. The number of amides is 1. The fourth-order valence-electron chi connectivity index (χ4n) is 7.13. The fraction of sp³-hybridized carbons (Fsp3) is 0.609. The van der Waals surface area contributed by atoms with Gasteiger partial charge in [-0.3, -0.25) is 14.2 Å². The molecule has 174 valence electrons. The summed E-state index contributed by atoms with van der Waals surface area (Å²) in [6.45, 7) is 5.63. The van der Waals surface area contributed by atoms with Gasteiger partial charge < -0.3 is 5.32 Å². The van der Waals surface area contributed by atoms with E-state index in [0.29, 0.717) is 18.4 Å². The second-order valence-electron chi connectivity index (χ2n) is 10.4. The Kier molecular flexibility index (Phi) is 4.69. The second kappa shape index (κ2) is 7.41. The highest BCUT2D eigenvalue weighted by Gasteiger charge is 2.61. The monoisotopic (exact) mass is 468 g/mol. The maximum atomic E-state index is 13.7. The van der Waals surface area contributed by atoms with Crippen molar-refractivity contribution in [3.63, 3.8) is 0 Å². The lowest BCUT2D eigenvalue weighted by atomic mass is 9.46. The Labute approximate surface area is 197 Å². The summed E-state index contributed by atoms with van der Waals surface area (Å²) in [6, 6.07) is 0. The summed E-state index contributed by atoms with van der Waals surface area (Å²) in [7, 11) is 0. The van der Waals surface area contributed by atoms with Crippen molar-refractivity contribution in [3.8, 4) is 0 Å². The van der Waals surface area contributed by atoms with Crippen LogP contribution in [0.4, 0.5) is 5.69 Å². The molecule has 0 aliphatic heterocycles. The molecule has 0 saturated heterocycles. The molecule has 7 rings (SSSR count). The van der Waals surface area contributed by atoms with Gasteiger partial charge in [0.25, 0.3) is 0 Å². The number of aryl methyl sites for hydroxylation is 1. The van der Waals surface area contributed by atoms with E-state index in [1.165, 1.54) is 6.42 Å². The molecule has 33 heavy (non-hydrogen) atoms. The van der Waals surface area contributed by atoms with Crippen LogP contribution >= 0.6 is 11.6 Å². The normalized spacial score (nSPS) is 30.2. The molecule has 4 aliphatic rings. The Morgan fingerprint density at radius 3 is 2.67 bits per heavy atom. The van der Waals surface area contributed by atoms with Crippen molar-refractivity contribution in [3.05, 3.63) is 41.5 Å². The van der Waals surface area contributed by atoms with Crippen LogP contribution in [0.1, 0.15) is 56.7 Å². The molecule has 4 saturated carbocycles. The number of carbonyl (C=O) groups excluding carboxylic acids is 1. The van der Waals surface area contributed by atoms with Crippen LogP contribution in [0, 0.1) is 24.2 Å². The summed E-state index contributed by atoms with van der Waals surface area (Å²) in [5, 5.41) is 16.8. The smallest absolute Gasteiger partial charge is 0.242 e. The van der Waals surface area contributed by atoms with Crippen molar-refractivity contribution < 1.29 is 4.79 Å². The van der Waals surface area contributed by atoms with Crippen LogP contribution in [0.2, 0.25) is 5.28 Å². The van der Waals surface area contributed by atoms with Crippen molar-refractivity contribution in [2.45, 2.75) is 71.0 Å². The van der Waals surface area contributed by atoms with E-state index in [0.717, 1.165) is 55.6 Å². The molecule has 4 bridgehead atoms. The van der Waals surface area contributed by atoms with E-state index < -0.39 is 0 Å². The molecule has 1 amide bonds. The van der Waals surface area contributed by atoms with E-state index in [-0.39, 0.29) is 22.1 Å². The van der Waals surface area contributed by atoms with Gasteiger partial charge in [-0.15, -0.1) is 5.10 Å². The topological polar surface area (TPSA) is 95.5 Å². The molecule has 1 N–H and O–H groups in total. The lowest BCUT2D eigenvalue weighted by Crippen LogP contribution is -2.60. The molecule has 3 heterocycles. The Balaban J connectivity index is 1.21. The number of halogens is 1. The molecule has 4 fully saturated rings. The van der Waals surface area contributed by atoms with E-state index in [4.69, 9.17) is 11.6 Å². The number of nitrogens with zero attached hydrogens (tertiary/aromatic N) is 7. The van der Waals surface area contributed by atoms with Gasteiger partial charge in [0.05, 0.1) is 35.6 Å². The highest BCUT2D eigenvalue weighted by Crippen LogP contribution is 2.64. The first-order chi connectivity index (χ1) is 15.9. The zero-order valence-corrected chi connectivity index (χ0v) is 19.8. The van der Waals surface area contributed by atoms with Gasteiger partial charge in [0, 0.05) is 24.0 Å². The highest BCUT2D eigenvalue weighted by molar-refractivity contribution is 6.28. The third-order valence-corrected chi connectivity index (χ3v) is 8.36. The SMILES string of the molecule is CCn1ncc(Cn2cc(NC(=O)C34CC5CC(C3)CC(n3cnc(Cl)n3)(C5)C4)cn2)c1C. The van der Waals surface area contributed by atoms with Gasteiger partial charge >= 0.3 is 0 Å². The average molecular weight is 469 g/mol. The van der Waals surface area contributed by atoms with Crippen LogP contribution in [-0.2, 0) is 23.4 Å². The lowest BCUT2D eigenvalue weighted by Gasteiger charge is -2.60. The highest BCUT2D eigenvalue weighted by atomic mass is 35.5. The maximum absolute atomic E-state index is 13.7. The van der Waals surface area contributed by atoms with Gasteiger partial charge in [-0.05, 0) is 75.8 Å². The minimum Gasteiger partial charge on any atom is -0.323 e. The van der Waals surface area contributed by atoms with Crippen molar-refractivity contribution in [2.24, 2.45) is 17.3 Å². The molecule has 9 nitrogen and oxygen atoms in total. The summed E-state index contributed by atoms with van der Waals surface area (Å²) in [4.78, 5) is 17.8. The third kappa shape index (κ3) is 3.39. The van der Waals surface area contributed by atoms with Gasteiger partial charge in [-0.25, -0.2) is 9.67 Å². The van der Waals surface area contributed by atoms with E-state index in [9.17, 15) is 4.79 Å². The minimum atomic E-state index is -0.372. The number of hydrogen-bond donors (Lipinski definition) is 1. The number of anilines is 1. The van der Waals surface area contributed by atoms with Crippen LogP contribution in [0.5, 0.6) is 0 Å². The van der Waals surface area contributed by atoms with Crippen LogP contribution < -0.4 is 5.32 Å². The number of rotatable bonds is 6. The first-order valence-electron chi connectivity index (χ1n) is 11.8. The zero-order valence-electron chi connectivity index (χ0n) is 19.0. The van der Waals surface area contributed by atoms with Crippen molar-refractivity contribution in [1.82, 2.24) is 34.3 Å². The first kappa shape index (κ1) is 20.9. The summed E-state index contributed by atoms with van der Waals surface area (Å²) < 4.78 is 5.79. The van der Waals surface area contributed by atoms with Gasteiger partial charge in [0.2, 0.25) is 11.2 Å². The van der Waals surface area contributed by atoms with Crippen molar-refractivity contribution >= 4 is 23.2 Å². The first-order valence-corrected chi connectivity index (χ1v) is 12.2. The van der Waals surface area contributed by atoms with Gasteiger partial charge in [-0.1, -0.05) is 0 Å². The molecule has 2 atom stereocenters. The predicted molar refractivity (Wildman–Crippen MR) is 123 cm³/mol. The van der Waals surface area contributed by atoms with Crippen LogP contribution in [0.25, 0.3) is 0 Å². The molecule has 3 aromatic rings. The molecular weight excluding hydrogens is 440 g/mol. The van der Waals surface area contributed by atoms with E-state index in [2.05, 4.69) is 39.4 Å². The predicted octanol–water partition coefficient (Wildman–Crippen LogP) is 3.64. The lowest BCUT2D eigenvalue weighted by molar-refractivity contribution is -0.150. The summed E-state index contributed by atoms with van der Waals surface area (Å²) >= 11 is 6.05. The largest absolute Gasteiger partial charge is 0.323 e. The molecule has 3 aromatic heterocycles. The van der Waals surface area contributed by atoms with Crippen molar-refractivity contribution in [1.29, 1.82) is 0 Å². The van der Waals surface area contributed by atoms with Gasteiger partial charge in [0.15, 0.2) is 0 Å². The Morgan fingerprint density at radius 2 is 2.00 bits per heavy atom. The average Bonchev–Trinajstić information content (AvgIpc) is 3.49. The third-order valence-electron chi connectivity index (χ3n) is 8.19. The molecule has 10 heteroatoms. The van der Waals surface area contributed by atoms with E-state index in [1.807, 2.05) is 26.4 Å². The fourth-order valence-corrected chi connectivity index (χ4v) is 7.26. The van der Waals surface area contributed by atoms with Gasteiger partial charge in [-0.2, -0.15) is 10.2 Å². The number of hydrogen-bond acceptors (Lipinski definition) is 5. The number of carbonyl (C=O) groups is 1. The number of nitrogens with one attached hydrogen (secondary N) is 1. The summed E-state index contributed by atoms with van der Waals surface area (Å²) in [5.41, 5.74) is 2.50. The quantitative estimate of drug-likeness (QED) is 0.596. The Morgan fingerprint density at radius 1 is 1.21 bits per heavy atom. The number of aromatic nitrogens is 7. The minimum absolute atomic E-state index is 0.113. The van der Waals surface area contributed by atoms with Crippen LogP contribution in [0.3, 0.4) is 0 Å². The van der Waals surface area contributed by atoms with Crippen molar-refractivity contribution in [2.75, 3.05) is 5.32 Å². The van der Waals surface area contributed by atoms with E-state index >= 15 is 0 Å². The molecule has 0 aromatic carbocycles. The van der Waals surface area contributed by atoms with Crippen LogP contribution in [-0.4, -0.2) is 40.2 Å². The Bertz CT molecular complexity index is 1190.